The molecule has 0 fully saturated rings. The Kier molecular flexibility index (Phi) is 4.81. The first-order chi connectivity index (χ1) is 11.7. The summed E-state index contributed by atoms with van der Waals surface area (Å²) < 4.78 is 5.37. The molecule has 24 heavy (non-hydrogen) atoms. The summed E-state index contributed by atoms with van der Waals surface area (Å²) in [5.41, 5.74) is 1.73. The molecule has 0 amide bonds. The van der Waals surface area contributed by atoms with Gasteiger partial charge in [0.25, 0.3) is 0 Å². The van der Waals surface area contributed by atoms with Crippen LogP contribution in [-0.4, -0.2) is 28.0 Å². The van der Waals surface area contributed by atoms with Crippen molar-refractivity contribution in [1.29, 1.82) is 0 Å². The zero-order valence-corrected chi connectivity index (χ0v) is 13.8. The predicted octanol–water partition coefficient (Wildman–Crippen LogP) is 3.88. The zero-order valence-electron chi connectivity index (χ0n) is 13.0. The van der Waals surface area contributed by atoms with Gasteiger partial charge in [0.2, 0.25) is 5.11 Å². The van der Waals surface area contributed by atoms with E-state index < -0.39 is 0 Å². The lowest BCUT2D eigenvalue weighted by Gasteiger charge is -2.17. The number of azo groups is 1. The van der Waals surface area contributed by atoms with Crippen molar-refractivity contribution in [2.45, 2.75) is 13.1 Å². The predicted molar refractivity (Wildman–Crippen MR) is 95.3 cm³/mol. The number of hydrazone groups is 1. The summed E-state index contributed by atoms with van der Waals surface area (Å²) in [4.78, 5) is 0. The Bertz CT molecular complexity index is 792. The standard InChI is InChI=1S/C17H16N4O2S/c1-2-23-15-10-12(8-9-14(15)22)11-18-21-16(19-20-17(21)24)13-6-4-3-5-7-13/h3-11,16,22H,2H2,1H3. The van der Waals surface area contributed by atoms with Crippen molar-refractivity contribution >= 4 is 23.5 Å². The molecule has 7 heteroatoms. The van der Waals surface area contributed by atoms with Gasteiger partial charge in [-0.05, 0) is 42.9 Å². The quantitative estimate of drug-likeness (QED) is 0.662. The Labute approximate surface area is 145 Å². The number of rotatable bonds is 5. The first-order valence-electron chi connectivity index (χ1n) is 7.48. The first-order valence-corrected chi connectivity index (χ1v) is 7.88. The Balaban J connectivity index is 1.82. The SMILES string of the molecule is CCOc1cc(C=NN2C(=S)N=NC2c2ccccc2)ccc1O. The minimum atomic E-state index is -0.363. The summed E-state index contributed by atoms with van der Waals surface area (Å²) in [7, 11) is 0. The van der Waals surface area contributed by atoms with Crippen LogP contribution in [0.4, 0.5) is 0 Å². The molecule has 122 valence electrons. The number of benzene rings is 2. The first kappa shape index (κ1) is 16.1. The average Bonchev–Trinajstić information content (AvgIpc) is 2.97. The summed E-state index contributed by atoms with van der Waals surface area (Å²) in [6.45, 7) is 2.33. The Hall–Kier alpha value is -2.80. The number of hydrogen-bond donors (Lipinski definition) is 1. The number of thiocarbonyl (C=S) groups is 1. The van der Waals surface area contributed by atoms with Gasteiger partial charge in [-0.25, -0.2) is 5.01 Å². The summed E-state index contributed by atoms with van der Waals surface area (Å²) in [5.74, 6) is 0.511. The van der Waals surface area contributed by atoms with Crippen LogP contribution in [0.15, 0.2) is 63.9 Å². The summed E-state index contributed by atoms with van der Waals surface area (Å²) in [5, 5.41) is 24.2. The molecule has 1 N–H and O–H groups in total. The van der Waals surface area contributed by atoms with Gasteiger partial charge in [0, 0.05) is 5.56 Å². The molecule has 1 heterocycles. The minimum absolute atomic E-state index is 0.0952. The van der Waals surface area contributed by atoms with Gasteiger partial charge in [-0.15, -0.1) is 5.11 Å². The van der Waals surface area contributed by atoms with Crippen molar-refractivity contribution in [3.8, 4) is 11.5 Å². The van der Waals surface area contributed by atoms with E-state index in [4.69, 9.17) is 17.0 Å². The van der Waals surface area contributed by atoms with Crippen LogP contribution < -0.4 is 4.74 Å². The highest BCUT2D eigenvalue weighted by molar-refractivity contribution is 7.80. The Morgan fingerprint density at radius 2 is 2.08 bits per heavy atom. The number of nitrogens with zero attached hydrogens (tertiary/aromatic N) is 4. The second kappa shape index (κ2) is 7.18. The normalized spacial score (nSPS) is 17.0. The maximum atomic E-state index is 9.75. The highest BCUT2D eigenvalue weighted by Crippen LogP contribution is 2.29. The Morgan fingerprint density at radius 1 is 1.29 bits per heavy atom. The molecule has 0 bridgehead atoms. The lowest BCUT2D eigenvalue weighted by atomic mass is 10.2. The molecule has 1 aliphatic rings. The van der Waals surface area contributed by atoms with Crippen LogP contribution in [0.2, 0.25) is 0 Å². The van der Waals surface area contributed by atoms with E-state index in [1.807, 2.05) is 37.3 Å². The van der Waals surface area contributed by atoms with Gasteiger partial charge in [-0.3, -0.25) is 0 Å². The zero-order chi connectivity index (χ0) is 16.9. The molecular weight excluding hydrogens is 324 g/mol. The second-order valence-corrected chi connectivity index (χ2v) is 5.40. The lowest BCUT2D eigenvalue weighted by Crippen LogP contribution is -2.21. The molecule has 1 unspecified atom stereocenters. The van der Waals surface area contributed by atoms with Crippen molar-refractivity contribution in [2.75, 3.05) is 6.61 Å². The van der Waals surface area contributed by atoms with Crippen molar-refractivity contribution in [3.63, 3.8) is 0 Å². The largest absolute Gasteiger partial charge is 0.504 e. The van der Waals surface area contributed by atoms with Crippen LogP contribution in [-0.2, 0) is 0 Å². The highest BCUT2D eigenvalue weighted by Gasteiger charge is 2.27. The minimum Gasteiger partial charge on any atom is -0.504 e. The monoisotopic (exact) mass is 340 g/mol. The molecule has 0 aromatic heterocycles. The van der Waals surface area contributed by atoms with E-state index in [-0.39, 0.29) is 11.9 Å². The topological polar surface area (TPSA) is 69.8 Å². The fraction of sp³-hybridized carbons (Fsp3) is 0.176. The lowest BCUT2D eigenvalue weighted by molar-refractivity contribution is 0.318. The number of phenols is 1. The number of phenolic OH excluding ortho intramolecular Hbond substituents is 1. The van der Waals surface area contributed by atoms with Gasteiger partial charge in [0.1, 0.15) is 0 Å². The molecule has 0 spiro atoms. The number of ether oxygens (including phenoxy) is 1. The van der Waals surface area contributed by atoms with Crippen LogP contribution in [0.1, 0.15) is 24.2 Å². The van der Waals surface area contributed by atoms with Gasteiger partial charge in [0.05, 0.1) is 12.8 Å². The van der Waals surface area contributed by atoms with E-state index in [0.717, 1.165) is 11.1 Å². The van der Waals surface area contributed by atoms with E-state index in [0.29, 0.717) is 17.5 Å². The van der Waals surface area contributed by atoms with Crippen molar-refractivity contribution in [3.05, 3.63) is 59.7 Å². The summed E-state index contributed by atoms with van der Waals surface area (Å²) >= 11 is 5.21. The molecule has 1 atom stereocenters. The maximum absolute atomic E-state index is 9.75. The van der Waals surface area contributed by atoms with Crippen molar-refractivity contribution in [1.82, 2.24) is 5.01 Å². The molecular formula is C17H16N4O2S. The molecule has 6 nitrogen and oxygen atoms in total. The molecule has 1 aliphatic heterocycles. The van der Waals surface area contributed by atoms with E-state index >= 15 is 0 Å². The number of aromatic hydroxyl groups is 1. The average molecular weight is 340 g/mol. The third-order valence-corrected chi connectivity index (χ3v) is 3.66. The molecule has 3 rings (SSSR count). The van der Waals surface area contributed by atoms with Crippen LogP contribution >= 0.6 is 12.2 Å². The molecule has 0 radical (unpaired) electrons. The van der Waals surface area contributed by atoms with Gasteiger partial charge in [-0.1, -0.05) is 30.3 Å². The van der Waals surface area contributed by atoms with Crippen LogP contribution in [0.25, 0.3) is 0 Å². The Morgan fingerprint density at radius 3 is 2.83 bits per heavy atom. The summed E-state index contributed by atoms with van der Waals surface area (Å²) in [6.07, 6.45) is 1.28. The van der Waals surface area contributed by atoms with Crippen LogP contribution in [0.3, 0.4) is 0 Å². The maximum Gasteiger partial charge on any atom is 0.238 e. The number of hydrogen-bond acceptors (Lipinski definition) is 5. The van der Waals surface area contributed by atoms with Gasteiger partial charge in [-0.2, -0.15) is 10.2 Å². The highest BCUT2D eigenvalue weighted by atomic mass is 32.1. The van der Waals surface area contributed by atoms with E-state index in [1.165, 1.54) is 0 Å². The van der Waals surface area contributed by atoms with Gasteiger partial charge in [0.15, 0.2) is 17.7 Å². The molecule has 2 aromatic rings. The van der Waals surface area contributed by atoms with E-state index in [9.17, 15) is 5.11 Å². The van der Waals surface area contributed by atoms with Gasteiger partial charge >= 0.3 is 0 Å². The molecule has 0 saturated heterocycles. The fourth-order valence-corrected chi connectivity index (χ4v) is 2.45. The molecule has 0 aliphatic carbocycles. The van der Waals surface area contributed by atoms with Crippen molar-refractivity contribution in [2.24, 2.45) is 15.3 Å². The molecule has 2 aromatic carbocycles. The smallest absolute Gasteiger partial charge is 0.238 e. The van der Waals surface area contributed by atoms with E-state index in [2.05, 4.69) is 15.3 Å². The second-order valence-electron chi connectivity index (χ2n) is 5.03. The molecule has 0 saturated carbocycles. The van der Waals surface area contributed by atoms with Crippen LogP contribution in [0, 0.1) is 0 Å². The summed E-state index contributed by atoms with van der Waals surface area (Å²) in [6, 6.07) is 14.7. The van der Waals surface area contributed by atoms with Gasteiger partial charge < -0.3 is 9.84 Å². The van der Waals surface area contributed by atoms with E-state index in [1.54, 1.807) is 29.4 Å². The third-order valence-electron chi connectivity index (χ3n) is 3.39. The fourth-order valence-electron chi connectivity index (χ4n) is 2.26. The third kappa shape index (κ3) is 3.41. The van der Waals surface area contributed by atoms with Crippen LogP contribution in [0.5, 0.6) is 11.5 Å². The van der Waals surface area contributed by atoms with Crippen molar-refractivity contribution < 1.29 is 9.84 Å².